The second-order valence-corrected chi connectivity index (χ2v) is 13.8. The molecule has 0 nitrogen and oxygen atoms in total. The van der Waals surface area contributed by atoms with Crippen molar-refractivity contribution in [2.24, 2.45) is 0 Å². The van der Waals surface area contributed by atoms with Gasteiger partial charge in [-0.2, -0.15) is 0 Å². The molecule has 0 aromatic carbocycles. The Morgan fingerprint density at radius 3 is 2.08 bits per heavy atom. The Balaban J connectivity index is 0. The molecule has 1 aliphatic rings. The molecule has 0 saturated heterocycles. The molecule has 1 rings (SSSR count). The van der Waals surface area contributed by atoms with E-state index in [4.69, 9.17) is 0 Å². The Kier molecular flexibility index (Phi) is 9.86. The minimum absolute atomic E-state index is 0. The summed E-state index contributed by atoms with van der Waals surface area (Å²) in [6.45, 7) is 9.25. The molecule has 0 amide bonds. The minimum atomic E-state index is -0.256. The molecule has 0 N–H and O–H groups in total. The Bertz CT molecular complexity index is 222. The second kappa shape index (κ2) is 7.64. The largest absolute Gasteiger partial charge is 1.00 e. The third kappa shape index (κ3) is 5.12. The molecule has 0 aliphatic heterocycles. The normalized spacial score (nSPS) is 14.7. The number of hydrogen-bond donors (Lipinski definition) is 0. The number of allylic oxidation sites excluding steroid dienone is 4. The van der Waals surface area contributed by atoms with Crippen molar-refractivity contribution in [2.75, 3.05) is 0 Å². The van der Waals surface area contributed by atoms with Crippen molar-refractivity contribution < 1.29 is 52.4 Å². The zero-order chi connectivity index (χ0) is 8.43. The van der Waals surface area contributed by atoms with Gasteiger partial charge in [-0.25, -0.2) is 0 Å². The van der Waals surface area contributed by atoms with E-state index >= 15 is 0 Å². The van der Waals surface area contributed by atoms with Gasteiger partial charge in [0.25, 0.3) is 0 Å². The monoisotopic (exact) mass is 358 g/mol. The first-order valence-electron chi connectivity index (χ1n) is 4.24. The van der Waals surface area contributed by atoms with Gasteiger partial charge in [-0.1, -0.05) is 0 Å². The minimum Gasteiger partial charge on any atom is -1.00 e. The second-order valence-electron chi connectivity index (χ2n) is 3.49. The van der Waals surface area contributed by atoms with Crippen molar-refractivity contribution in [1.29, 1.82) is 0 Å². The zero-order valence-electron chi connectivity index (χ0n) is 8.62. The van der Waals surface area contributed by atoms with Crippen LogP contribution in [0.2, 0.25) is 13.1 Å². The molecule has 0 atom stereocenters. The maximum absolute atomic E-state index is 2.48. The molecule has 0 bridgehead atoms. The van der Waals surface area contributed by atoms with Gasteiger partial charge in [-0.15, -0.1) is 0 Å². The van der Waals surface area contributed by atoms with E-state index in [1.165, 1.54) is 6.42 Å². The van der Waals surface area contributed by atoms with Gasteiger partial charge >= 0.3 is 79.5 Å². The van der Waals surface area contributed by atoms with Crippen LogP contribution in [0.4, 0.5) is 0 Å². The van der Waals surface area contributed by atoms with Crippen molar-refractivity contribution in [1.82, 2.24) is 0 Å². The van der Waals surface area contributed by atoms with E-state index in [2.05, 4.69) is 33.0 Å². The Labute approximate surface area is 113 Å². The topological polar surface area (TPSA) is 0 Å². The van der Waals surface area contributed by atoms with E-state index in [0.717, 1.165) is 0 Å². The van der Waals surface area contributed by atoms with E-state index in [-0.39, 0.29) is 40.6 Å². The third-order valence-corrected chi connectivity index (χ3v) is 8.29. The molecule has 0 heterocycles. The van der Waals surface area contributed by atoms with E-state index in [1.54, 1.807) is 11.1 Å². The first-order chi connectivity index (χ1) is 5.11. The molecule has 0 spiro atoms. The number of halogens is 2. The van der Waals surface area contributed by atoms with E-state index in [1.807, 2.05) is 3.88 Å². The van der Waals surface area contributed by atoms with Crippen LogP contribution in [0.3, 0.4) is 0 Å². The van der Waals surface area contributed by atoms with Crippen LogP contribution < -0.4 is 34.0 Å². The predicted octanol–water partition coefficient (Wildman–Crippen LogP) is -3.32. The van der Waals surface area contributed by atoms with Crippen molar-refractivity contribution in [3.8, 4) is 0 Å². The molecule has 13 heavy (non-hydrogen) atoms. The fraction of sp³-hybridized carbons (Fsp3) is 0.556. The maximum Gasteiger partial charge on any atom is -1.00 e. The van der Waals surface area contributed by atoms with Gasteiger partial charge in [-0.3, -0.25) is 0 Å². The molecule has 0 aromatic rings. The van der Waals surface area contributed by atoms with Crippen LogP contribution in [0.25, 0.3) is 0 Å². The summed E-state index contributed by atoms with van der Waals surface area (Å²) in [6.07, 6.45) is 3.69. The molecular formula is C9H16Br2SiTi. The maximum atomic E-state index is 2.48. The molecule has 0 saturated carbocycles. The van der Waals surface area contributed by atoms with Gasteiger partial charge in [-0.05, 0) is 0 Å². The fourth-order valence-electron chi connectivity index (χ4n) is 1.31. The molecule has 4 heteroatoms. The first-order valence-corrected chi connectivity index (χ1v) is 10.6. The van der Waals surface area contributed by atoms with Crippen LogP contribution in [-0.2, 0) is 18.4 Å². The number of hydrogen-bond acceptors (Lipinski definition) is 0. The van der Waals surface area contributed by atoms with Crippen LogP contribution in [0, 0.1) is 0 Å². The Morgan fingerprint density at radius 2 is 1.77 bits per heavy atom. The summed E-state index contributed by atoms with van der Waals surface area (Å²) < 4.78 is 1.84. The van der Waals surface area contributed by atoms with Crippen molar-refractivity contribution >= 4 is 6.66 Å². The van der Waals surface area contributed by atoms with E-state index in [9.17, 15) is 0 Å². The molecule has 0 aromatic heterocycles. The summed E-state index contributed by atoms with van der Waals surface area (Å²) >= 11 is 0.330. The molecule has 0 fully saturated rings. The average molecular weight is 360 g/mol. The smallest absolute Gasteiger partial charge is 1.00 e. The van der Waals surface area contributed by atoms with Gasteiger partial charge in [0.15, 0.2) is 0 Å². The predicted molar refractivity (Wildman–Crippen MR) is 50.0 cm³/mol. The SMILES string of the molecule is CC1=CC[C]([Ti+2][SiH](C)C)=C1C.[Br-].[Br-]. The van der Waals surface area contributed by atoms with Gasteiger partial charge in [0.2, 0.25) is 0 Å². The van der Waals surface area contributed by atoms with Crippen molar-refractivity contribution in [2.45, 2.75) is 33.4 Å². The van der Waals surface area contributed by atoms with Crippen molar-refractivity contribution in [3.63, 3.8) is 0 Å². The molecule has 74 valence electrons. The molecule has 0 unspecified atom stereocenters. The fourth-order valence-corrected chi connectivity index (χ4v) is 7.64. The summed E-state index contributed by atoms with van der Waals surface area (Å²) in [6, 6.07) is 0. The van der Waals surface area contributed by atoms with Crippen LogP contribution in [0.5, 0.6) is 0 Å². The Morgan fingerprint density at radius 1 is 1.23 bits per heavy atom. The van der Waals surface area contributed by atoms with Crippen LogP contribution >= 0.6 is 0 Å². The van der Waals surface area contributed by atoms with Crippen LogP contribution in [-0.4, -0.2) is 6.66 Å². The zero-order valence-corrected chi connectivity index (χ0v) is 14.5. The molecule has 0 radical (unpaired) electrons. The van der Waals surface area contributed by atoms with Gasteiger partial charge in [0, 0.05) is 0 Å². The summed E-state index contributed by atoms with van der Waals surface area (Å²) in [7, 11) is 0. The van der Waals surface area contributed by atoms with Crippen LogP contribution in [0.1, 0.15) is 20.3 Å². The average Bonchev–Trinajstić information content (AvgIpc) is 2.18. The summed E-state index contributed by atoms with van der Waals surface area (Å²) in [4.78, 5) is 0. The van der Waals surface area contributed by atoms with Gasteiger partial charge < -0.3 is 34.0 Å². The van der Waals surface area contributed by atoms with Gasteiger partial charge in [0.1, 0.15) is 0 Å². The molecular weight excluding hydrogens is 344 g/mol. The summed E-state index contributed by atoms with van der Waals surface area (Å²) in [5.41, 5.74) is 3.17. The van der Waals surface area contributed by atoms with Gasteiger partial charge in [0.05, 0.1) is 0 Å². The van der Waals surface area contributed by atoms with E-state index in [0.29, 0.717) is 18.4 Å². The summed E-state index contributed by atoms with van der Waals surface area (Å²) in [5.74, 6) is 0. The van der Waals surface area contributed by atoms with Crippen molar-refractivity contribution in [3.05, 3.63) is 21.1 Å². The first kappa shape index (κ1) is 16.8. The quantitative estimate of drug-likeness (QED) is 0.453. The number of rotatable bonds is 2. The third-order valence-electron chi connectivity index (χ3n) is 2.12. The van der Waals surface area contributed by atoms with Crippen LogP contribution in [0.15, 0.2) is 21.1 Å². The Hall–Kier alpha value is 1.37. The standard InChI is InChI=1S/C7H9.C2H7Si.2BrH.Ti/c1-6-4-3-5-7(6)2;1-3-2;;;/h4H,3H2,1-2H3;3H,1-2H3;2*1H;/q;;;;+2/p-2. The van der Waals surface area contributed by atoms with E-state index < -0.39 is 0 Å². The molecule has 1 aliphatic carbocycles. The summed E-state index contributed by atoms with van der Waals surface area (Å²) in [5, 5.41) is 0.